The van der Waals surface area contributed by atoms with E-state index in [0.717, 1.165) is 45.1 Å². The van der Waals surface area contributed by atoms with Gasteiger partial charge < -0.3 is 18.6 Å². The van der Waals surface area contributed by atoms with Crippen molar-refractivity contribution >= 4 is 72.0 Å². The lowest BCUT2D eigenvalue weighted by Gasteiger charge is -2.28. The zero-order valence-electron chi connectivity index (χ0n) is 35.8. The van der Waals surface area contributed by atoms with E-state index in [2.05, 4.69) is 250 Å². The van der Waals surface area contributed by atoms with Crippen LogP contribution in [0.25, 0.3) is 88.8 Å². The molecule has 0 spiro atoms. The van der Waals surface area contributed by atoms with Gasteiger partial charge in [-0.1, -0.05) is 152 Å². The summed E-state index contributed by atoms with van der Waals surface area (Å²) < 4.78 is 7.17. The fourth-order valence-corrected chi connectivity index (χ4v) is 11.1. The van der Waals surface area contributed by atoms with Crippen LogP contribution in [-0.4, -0.2) is 19.7 Å². The monoisotopic (exact) mass is 830 g/mol. The van der Waals surface area contributed by atoms with Gasteiger partial charge in [0.15, 0.2) is 0 Å². The van der Waals surface area contributed by atoms with Crippen LogP contribution in [0.5, 0.6) is 0 Å². The molecule has 2 unspecified atom stereocenters. The lowest BCUT2D eigenvalue weighted by molar-refractivity contribution is 0.745. The number of allylic oxidation sites excluding steroid dienone is 3. The molecule has 3 aromatic heterocycles. The minimum Gasteiger partial charge on any atom is -0.333 e. The van der Waals surface area contributed by atoms with Crippen LogP contribution >= 0.6 is 0 Å². The van der Waals surface area contributed by atoms with E-state index in [-0.39, 0.29) is 12.0 Å². The zero-order valence-corrected chi connectivity index (χ0v) is 35.8. The number of benzene rings is 8. The molecule has 4 heteroatoms. The largest absolute Gasteiger partial charge is 0.333 e. The maximum atomic E-state index is 6.37. The van der Waals surface area contributed by atoms with Crippen LogP contribution < -0.4 is 4.90 Å². The van der Waals surface area contributed by atoms with Gasteiger partial charge in [-0.25, -0.2) is 0 Å². The molecule has 2 atom stereocenters. The molecule has 4 nitrogen and oxygen atoms in total. The summed E-state index contributed by atoms with van der Waals surface area (Å²) in [5, 5.41) is 6.14. The number of para-hydroxylation sites is 5. The van der Waals surface area contributed by atoms with Crippen molar-refractivity contribution < 1.29 is 0 Å². The predicted molar refractivity (Wildman–Crippen MR) is 273 cm³/mol. The number of rotatable bonds is 6. The average Bonchev–Trinajstić information content (AvgIpc) is 4.09. The third kappa shape index (κ3) is 5.46. The van der Waals surface area contributed by atoms with Crippen LogP contribution in [0.2, 0.25) is 0 Å². The molecule has 2 aliphatic rings. The number of hydrogen-bond donors (Lipinski definition) is 0. The minimum absolute atomic E-state index is 0.102. The van der Waals surface area contributed by atoms with Gasteiger partial charge in [0.2, 0.25) is 0 Å². The highest BCUT2D eigenvalue weighted by atomic mass is 15.2. The van der Waals surface area contributed by atoms with Crippen molar-refractivity contribution in [2.24, 2.45) is 0 Å². The Labute approximate surface area is 377 Å². The van der Waals surface area contributed by atoms with Gasteiger partial charge >= 0.3 is 0 Å². The quantitative estimate of drug-likeness (QED) is 0.153. The number of aromatic nitrogens is 3. The second-order valence-corrected chi connectivity index (χ2v) is 17.2. The summed E-state index contributed by atoms with van der Waals surface area (Å²) in [6.45, 7) is 2.06. The van der Waals surface area contributed by atoms with E-state index in [9.17, 15) is 0 Å². The Balaban J connectivity index is 1.00. The van der Waals surface area contributed by atoms with Gasteiger partial charge in [0.25, 0.3) is 0 Å². The lowest BCUT2D eigenvalue weighted by Crippen LogP contribution is -2.28. The van der Waals surface area contributed by atoms with Gasteiger partial charge in [0.05, 0.1) is 33.6 Å². The van der Waals surface area contributed by atoms with Gasteiger partial charge in [-0.05, 0) is 90.8 Å². The van der Waals surface area contributed by atoms with E-state index in [4.69, 9.17) is 6.42 Å². The average molecular weight is 831 g/mol. The van der Waals surface area contributed by atoms with E-state index in [0.29, 0.717) is 0 Å². The van der Waals surface area contributed by atoms with Gasteiger partial charge in [-0.2, -0.15) is 0 Å². The van der Waals surface area contributed by atoms with Crippen LogP contribution in [0.3, 0.4) is 0 Å². The van der Waals surface area contributed by atoms with E-state index in [1.54, 1.807) is 0 Å². The van der Waals surface area contributed by atoms with Gasteiger partial charge in [-0.15, -0.1) is 6.42 Å². The lowest BCUT2D eigenvalue weighted by atomic mass is 9.90. The molecule has 1 aliphatic carbocycles. The summed E-state index contributed by atoms with van der Waals surface area (Å²) in [4.78, 5) is 2.52. The highest BCUT2D eigenvalue weighted by molar-refractivity contribution is 6.11. The molecule has 8 aromatic carbocycles. The normalized spacial score (nSPS) is 15.5. The first-order valence-corrected chi connectivity index (χ1v) is 22.4. The van der Waals surface area contributed by atoms with Crippen molar-refractivity contribution in [1.29, 1.82) is 0 Å². The number of terminal acetylenes is 1. The SMILES string of the molecule is C#Cc1c(/C=C\C)c2ccc3c(c2n1-c1ccccc1)C1C=CC=CC1N3c1ccc(-c2cc(-n3c4ccccc4c4ccccc43)cc(-n3c4ccccc4c4ccccc43)c2)cc1. The summed E-state index contributed by atoms with van der Waals surface area (Å²) in [6.07, 6.45) is 19.7. The molecule has 65 heavy (non-hydrogen) atoms. The Morgan fingerprint density at radius 2 is 1.02 bits per heavy atom. The Morgan fingerprint density at radius 1 is 0.477 bits per heavy atom. The van der Waals surface area contributed by atoms with Crippen molar-refractivity contribution in [3.63, 3.8) is 0 Å². The summed E-state index contributed by atoms with van der Waals surface area (Å²) in [6, 6.07) is 66.6. The Morgan fingerprint density at radius 3 is 1.57 bits per heavy atom. The summed E-state index contributed by atoms with van der Waals surface area (Å²) in [7, 11) is 0. The van der Waals surface area contributed by atoms with E-state index in [1.165, 1.54) is 65.8 Å². The van der Waals surface area contributed by atoms with E-state index >= 15 is 0 Å². The highest BCUT2D eigenvalue weighted by Crippen LogP contribution is 2.52. The molecule has 0 fully saturated rings. The van der Waals surface area contributed by atoms with Gasteiger partial charge in [-0.3, -0.25) is 0 Å². The minimum atomic E-state index is 0.102. The molecule has 0 amide bonds. The zero-order chi connectivity index (χ0) is 43.2. The van der Waals surface area contributed by atoms with E-state index in [1.807, 2.05) is 0 Å². The molecule has 0 saturated carbocycles. The fourth-order valence-electron chi connectivity index (χ4n) is 11.1. The van der Waals surface area contributed by atoms with Gasteiger partial charge in [0.1, 0.15) is 5.69 Å². The summed E-state index contributed by atoms with van der Waals surface area (Å²) >= 11 is 0. The van der Waals surface area contributed by atoms with Crippen molar-refractivity contribution in [3.05, 3.63) is 229 Å². The van der Waals surface area contributed by atoms with Crippen molar-refractivity contribution in [2.45, 2.75) is 18.9 Å². The third-order valence-electron chi connectivity index (χ3n) is 13.7. The first-order chi connectivity index (χ1) is 32.2. The molecule has 4 heterocycles. The van der Waals surface area contributed by atoms with Crippen molar-refractivity contribution in [3.8, 4) is 40.5 Å². The first kappa shape index (κ1) is 37.1. The topological polar surface area (TPSA) is 18.0 Å². The predicted octanol–water partition coefficient (Wildman–Crippen LogP) is 15.2. The molecule has 306 valence electrons. The van der Waals surface area contributed by atoms with Gasteiger partial charge in [0, 0.05) is 72.4 Å². The van der Waals surface area contributed by atoms with E-state index < -0.39 is 0 Å². The maximum Gasteiger partial charge on any atom is 0.105 e. The van der Waals surface area contributed by atoms with Crippen molar-refractivity contribution in [2.75, 3.05) is 4.90 Å². The van der Waals surface area contributed by atoms with Crippen LogP contribution in [0.1, 0.15) is 29.7 Å². The number of hydrogen-bond acceptors (Lipinski definition) is 1. The third-order valence-corrected chi connectivity index (χ3v) is 13.7. The van der Waals surface area contributed by atoms with Crippen LogP contribution in [0.15, 0.2) is 212 Å². The van der Waals surface area contributed by atoms with Crippen LogP contribution in [-0.2, 0) is 0 Å². The molecular formula is C61H42N4. The molecule has 0 saturated heterocycles. The fraction of sp³-hybridized carbons (Fsp3) is 0.0492. The smallest absolute Gasteiger partial charge is 0.105 e. The Kier molecular flexibility index (Phi) is 8.28. The molecule has 1 aliphatic heterocycles. The summed E-state index contributed by atoms with van der Waals surface area (Å²) in [5.41, 5.74) is 17.1. The summed E-state index contributed by atoms with van der Waals surface area (Å²) in [5.74, 6) is 3.22. The molecular weight excluding hydrogens is 789 g/mol. The first-order valence-electron chi connectivity index (χ1n) is 22.4. The highest BCUT2D eigenvalue weighted by Gasteiger charge is 2.40. The number of fused-ring (bicyclic) bond motifs is 11. The van der Waals surface area contributed by atoms with Crippen LogP contribution in [0.4, 0.5) is 11.4 Å². The second-order valence-electron chi connectivity index (χ2n) is 17.2. The maximum absolute atomic E-state index is 6.37. The standard InChI is InChI=1S/C61H42N4/c1-3-18-46-51-35-36-59-60(61(51)65(53(46)4-2)42-19-6-5-7-20-42)52-25-12-17-30-58(52)62(59)43-33-31-40(32-34-43)41-37-44(63-54-26-13-8-21-47(54)48-22-9-14-27-55(48)63)39-45(38-41)64-56-28-15-10-23-49(56)50-24-11-16-29-57(50)64/h2-3,5-39,52,58H,1H3/b18-3-. The molecule has 0 radical (unpaired) electrons. The molecule has 0 N–H and O–H groups in total. The number of anilines is 2. The second kappa shape index (κ2) is 14.5. The van der Waals surface area contributed by atoms with Crippen LogP contribution in [0, 0.1) is 12.3 Å². The molecule has 13 rings (SSSR count). The molecule has 11 aromatic rings. The number of nitrogens with zero attached hydrogens (tertiary/aromatic N) is 4. The Hall–Kier alpha value is -8.52. The molecule has 0 bridgehead atoms. The van der Waals surface area contributed by atoms with Crippen molar-refractivity contribution in [1.82, 2.24) is 13.7 Å². The Bertz CT molecular complexity index is 3620.